The molecule has 2 amide bonds. The van der Waals surface area contributed by atoms with Gasteiger partial charge in [-0.3, -0.25) is 5.32 Å². The van der Waals surface area contributed by atoms with Gasteiger partial charge in [0.1, 0.15) is 22.9 Å². The normalized spacial score (nSPS) is 12.0. The Balaban J connectivity index is 1.45. The summed E-state index contributed by atoms with van der Waals surface area (Å²) < 4.78 is 16.1. The Kier molecular flexibility index (Phi) is 8.02. The first-order chi connectivity index (χ1) is 23.0. The van der Waals surface area contributed by atoms with Crippen molar-refractivity contribution in [1.82, 2.24) is 20.1 Å². The number of anilines is 1. The number of fused-ring (bicyclic) bond motifs is 1. The molecule has 5 aromatic carbocycles. The van der Waals surface area contributed by atoms with Crippen molar-refractivity contribution < 1.29 is 9.18 Å². The number of nitrogens with zero attached hydrogens (tertiary/aromatic N) is 3. The van der Waals surface area contributed by atoms with Crippen molar-refractivity contribution in [2.75, 3.05) is 5.32 Å². The van der Waals surface area contributed by atoms with Gasteiger partial charge in [0.25, 0.3) is 0 Å². The zero-order chi connectivity index (χ0) is 32.2. The smallest absolute Gasteiger partial charge is 0.320 e. The molecule has 0 radical (unpaired) electrons. The minimum Gasteiger partial charge on any atom is -0.331 e. The van der Waals surface area contributed by atoms with E-state index in [0.29, 0.717) is 11.5 Å². The summed E-state index contributed by atoms with van der Waals surface area (Å²) in [5, 5.41) is 12.0. The molecule has 0 saturated carbocycles. The maximum absolute atomic E-state index is 14.1. The van der Waals surface area contributed by atoms with Crippen molar-refractivity contribution in [1.29, 1.82) is 0 Å². The number of hydrogen-bond donors (Lipinski definition) is 2. The number of nitrogens with one attached hydrogen (secondary N) is 2. The predicted molar refractivity (Wildman–Crippen MR) is 185 cm³/mol. The Hall–Kier alpha value is -6.08. The van der Waals surface area contributed by atoms with Crippen LogP contribution in [0.1, 0.15) is 35.2 Å². The SMILES string of the molecule is CC(NC(=O)Nc1cc2c(cn1)c(-c1ccc(F)cc1)nn2C(c1ccccc1)(c1ccccc1)c1ccccc1)c1ccccc1. The van der Waals surface area contributed by atoms with E-state index in [9.17, 15) is 9.18 Å². The standard InChI is InChI=1S/C40H32FN5O/c1-28(29-14-6-2-7-15-29)43-39(47)44-37-26-36-35(27-42-37)38(30-22-24-34(41)25-23-30)45-46(36)40(31-16-8-3-9-17-31,32-18-10-4-11-19-32)33-20-12-5-13-21-33/h2-28H,1H3,(H2,42,43,44,47). The highest BCUT2D eigenvalue weighted by Crippen LogP contribution is 2.44. The molecule has 0 aliphatic carbocycles. The second-order valence-corrected chi connectivity index (χ2v) is 11.4. The van der Waals surface area contributed by atoms with Crippen molar-refractivity contribution in [3.8, 4) is 11.3 Å². The molecule has 1 atom stereocenters. The number of pyridine rings is 1. The van der Waals surface area contributed by atoms with E-state index in [0.717, 1.165) is 38.7 Å². The number of hydrogen-bond acceptors (Lipinski definition) is 3. The number of aromatic nitrogens is 3. The lowest BCUT2D eigenvalue weighted by molar-refractivity contribution is 0.249. The molecule has 7 rings (SSSR count). The highest BCUT2D eigenvalue weighted by Gasteiger charge is 2.41. The molecule has 2 N–H and O–H groups in total. The summed E-state index contributed by atoms with van der Waals surface area (Å²) >= 11 is 0. The number of halogens is 1. The van der Waals surface area contributed by atoms with Crippen LogP contribution >= 0.6 is 0 Å². The Labute approximate surface area is 272 Å². The van der Waals surface area contributed by atoms with Gasteiger partial charge < -0.3 is 5.32 Å². The molecular formula is C40H32FN5O. The minimum atomic E-state index is -0.928. The van der Waals surface area contributed by atoms with E-state index in [4.69, 9.17) is 5.10 Å². The van der Waals surface area contributed by atoms with E-state index >= 15 is 0 Å². The van der Waals surface area contributed by atoms with Gasteiger partial charge in [-0.25, -0.2) is 18.9 Å². The first-order valence-corrected chi connectivity index (χ1v) is 15.5. The molecule has 2 aromatic heterocycles. The van der Waals surface area contributed by atoms with Crippen LogP contribution < -0.4 is 10.6 Å². The van der Waals surface area contributed by atoms with Gasteiger partial charge in [0.15, 0.2) is 0 Å². The maximum atomic E-state index is 14.1. The van der Waals surface area contributed by atoms with E-state index in [1.54, 1.807) is 18.3 Å². The number of rotatable bonds is 8. The van der Waals surface area contributed by atoms with E-state index < -0.39 is 5.54 Å². The van der Waals surface area contributed by atoms with Gasteiger partial charge in [0, 0.05) is 23.2 Å². The van der Waals surface area contributed by atoms with Crippen LogP contribution in [0.3, 0.4) is 0 Å². The second-order valence-electron chi connectivity index (χ2n) is 11.4. The molecule has 6 nitrogen and oxygen atoms in total. The summed E-state index contributed by atoms with van der Waals surface area (Å²) in [6.07, 6.45) is 1.72. The van der Waals surface area contributed by atoms with Crippen molar-refractivity contribution in [3.63, 3.8) is 0 Å². The van der Waals surface area contributed by atoms with E-state index in [1.807, 2.05) is 103 Å². The lowest BCUT2D eigenvalue weighted by Crippen LogP contribution is -2.38. The topological polar surface area (TPSA) is 71.8 Å². The van der Waals surface area contributed by atoms with Crippen LogP contribution in [-0.4, -0.2) is 20.8 Å². The van der Waals surface area contributed by atoms with E-state index in [1.165, 1.54) is 12.1 Å². The van der Waals surface area contributed by atoms with Gasteiger partial charge in [-0.05, 0) is 53.4 Å². The quantitative estimate of drug-likeness (QED) is 0.167. The summed E-state index contributed by atoms with van der Waals surface area (Å²) in [7, 11) is 0. The van der Waals surface area contributed by atoms with Crippen LogP contribution in [0.5, 0.6) is 0 Å². The number of urea groups is 1. The zero-order valence-corrected chi connectivity index (χ0v) is 25.7. The van der Waals surface area contributed by atoms with Crippen LogP contribution in [0.15, 0.2) is 158 Å². The van der Waals surface area contributed by atoms with Crippen molar-refractivity contribution >= 4 is 22.8 Å². The molecular weight excluding hydrogens is 585 g/mol. The second kappa shape index (κ2) is 12.7. The molecule has 2 heterocycles. The molecule has 0 spiro atoms. The number of carbonyl (C=O) groups excluding carboxylic acids is 1. The fourth-order valence-electron chi connectivity index (χ4n) is 6.23. The largest absolute Gasteiger partial charge is 0.331 e. The minimum absolute atomic E-state index is 0.211. The van der Waals surface area contributed by atoms with Crippen molar-refractivity contribution in [2.45, 2.75) is 18.5 Å². The molecule has 0 fully saturated rings. The molecule has 7 aromatic rings. The molecule has 230 valence electrons. The number of benzene rings is 5. The fourth-order valence-corrected chi connectivity index (χ4v) is 6.23. The lowest BCUT2D eigenvalue weighted by atomic mass is 9.77. The molecule has 1 unspecified atom stereocenters. The Bertz CT molecular complexity index is 2020. The van der Waals surface area contributed by atoms with Crippen LogP contribution in [-0.2, 0) is 5.54 Å². The summed E-state index contributed by atoms with van der Waals surface area (Å²) in [5.74, 6) is 0.0372. The number of amides is 2. The van der Waals surface area contributed by atoms with Crippen molar-refractivity contribution in [2.24, 2.45) is 0 Å². The molecule has 7 heteroatoms. The van der Waals surface area contributed by atoms with E-state index in [-0.39, 0.29) is 17.9 Å². The maximum Gasteiger partial charge on any atom is 0.320 e. The average Bonchev–Trinajstić information content (AvgIpc) is 3.49. The van der Waals surface area contributed by atoms with Crippen LogP contribution in [0.4, 0.5) is 15.0 Å². The van der Waals surface area contributed by atoms with E-state index in [2.05, 4.69) is 52.0 Å². The van der Waals surface area contributed by atoms with Crippen molar-refractivity contribution in [3.05, 3.63) is 186 Å². The zero-order valence-electron chi connectivity index (χ0n) is 25.7. The van der Waals surface area contributed by atoms with Gasteiger partial charge in [-0.2, -0.15) is 5.10 Å². The van der Waals surface area contributed by atoms with Crippen LogP contribution in [0, 0.1) is 5.82 Å². The van der Waals surface area contributed by atoms with Crippen LogP contribution in [0.2, 0.25) is 0 Å². The molecule has 0 saturated heterocycles. The highest BCUT2D eigenvalue weighted by atomic mass is 19.1. The van der Waals surface area contributed by atoms with Gasteiger partial charge >= 0.3 is 6.03 Å². The van der Waals surface area contributed by atoms with Gasteiger partial charge in [-0.15, -0.1) is 0 Å². The van der Waals surface area contributed by atoms with Gasteiger partial charge in [0.05, 0.1) is 11.6 Å². The molecule has 0 aliphatic rings. The average molecular weight is 618 g/mol. The summed E-state index contributed by atoms with van der Waals surface area (Å²) in [5.41, 5.74) is 5.18. The van der Waals surface area contributed by atoms with Crippen LogP contribution in [0.25, 0.3) is 22.2 Å². The third kappa shape index (κ3) is 5.64. The summed E-state index contributed by atoms with van der Waals surface area (Å²) in [6.45, 7) is 1.93. The first-order valence-electron chi connectivity index (χ1n) is 15.5. The molecule has 47 heavy (non-hydrogen) atoms. The Morgan fingerprint density at radius 3 is 1.77 bits per heavy atom. The monoisotopic (exact) mass is 617 g/mol. The summed E-state index contributed by atoms with van der Waals surface area (Å²) in [4.78, 5) is 17.9. The Morgan fingerprint density at radius 1 is 0.723 bits per heavy atom. The third-order valence-corrected chi connectivity index (χ3v) is 8.46. The van der Waals surface area contributed by atoms with Gasteiger partial charge in [0.2, 0.25) is 0 Å². The van der Waals surface area contributed by atoms with Gasteiger partial charge in [-0.1, -0.05) is 121 Å². The predicted octanol–water partition coefficient (Wildman–Crippen LogP) is 8.96. The number of carbonyl (C=O) groups is 1. The molecule has 0 aliphatic heterocycles. The lowest BCUT2D eigenvalue weighted by Gasteiger charge is -2.37. The summed E-state index contributed by atoms with van der Waals surface area (Å²) in [6, 6.07) is 48.1. The Morgan fingerprint density at radius 2 is 1.23 bits per heavy atom. The molecule has 0 bridgehead atoms. The fraction of sp³-hybridized carbons (Fsp3) is 0.0750. The third-order valence-electron chi connectivity index (χ3n) is 8.46. The highest BCUT2D eigenvalue weighted by molar-refractivity contribution is 5.96. The first kappa shape index (κ1) is 29.6.